The van der Waals surface area contributed by atoms with Gasteiger partial charge in [-0.15, -0.1) is 0 Å². The Bertz CT molecular complexity index is 328. The summed E-state index contributed by atoms with van der Waals surface area (Å²) in [4.78, 5) is 0. The standard InChI is InChI=1S/C12H17BrO3/c1-15-7-3-4-11(14)10-6-5-9(13)8-12(10)16-2/h5-6,8,11,14H,3-4,7H2,1-2H3. The van der Waals surface area contributed by atoms with Crippen molar-refractivity contribution < 1.29 is 14.6 Å². The lowest BCUT2D eigenvalue weighted by molar-refractivity contribution is 0.134. The first kappa shape index (κ1) is 13.5. The minimum absolute atomic E-state index is 0.502. The summed E-state index contributed by atoms with van der Waals surface area (Å²) in [6.07, 6.45) is 1.00. The van der Waals surface area contributed by atoms with Crippen LogP contribution in [0.1, 0.15) is 24.5 Å². The SMILES string of the molecule is COCCCC(O)c1ccc(Br)cc1OC. The zero-order chi connectivity index (χ0) is 12.0. The molecular formula is C12H17BrO3. The van der Waals surface area contributed by atoms with Crippen molar-refractivity contribution in [2.24, 2.45) is 0 Å². The van der Waals surface area contributed by atoms with Gasteiger partial charge in [0.05, 0.1) is 13.2 Å². The van der Waals surface area contributed by atoms with E-state index in [4.69, 9.17) is 9.47 Å². The van der Waals surface area contributed by atoms with Gasteiger partial charge in [-0.05, 0) is 25.0 Å². The lowest BCUT2D eigenvalue weighted by Gasteiger charge is -2.14. The highest BCUT2D eigenvalue weighted by atomic mass is 79.9. The van der Waals surface area contributed by atoms with Gasteiger partial charge >= 0.3 is 0 Å². The van der Waals surface area contributed by atoms with Crippen molar-refractivity contribution in [3.63, 3.8) is 0 Å². The largest absolute Gasteiger partial charge is 0.496 e. The van der Waals surface area contributed by atoms with E-state index in [-0.39, 0.29) is 0 Å². The first-order valence-electron chi connectivity index (χ1n) is 5.19. The van der Waals surface area contributed by atoms with Crippen LogP contribution in [0.15, 0.2) is 22.7 Å². The van der Waals surface area contributed by atoms with E-state index in [1.807, 2.05) is 18.2 Å². The van der Waals surface area contributed by atoms with E-state index in [0.717, 1.165) is 16.5 Å². The van der Waals surface area contributed by atoms with Gasteiger partial charge < -0.3 is 14.6 Å². The lowest BCUT2D eigenvalue weighted by atomic mass is 10.0. The molecular weight excluding hydrogens is 272 g/mol. The van der Waals surface area contributed by atoms with Crippen molar-refractivity contribution in [2.75, 3.05) is 20.8 Å². The normalized spacial score (nSPS) is 12.5. The Morgan fingerprint density at radius 2 is 2.12 bits per heavy atom. The monoisotopic (exact) mass is 288 g/mol. The number of ether oxygens (including phenoxy) is 2. The van der Waals surface area contributed by atoms with Crippen LogP contribution in [0.5, 0.6) is 5.75 Å². The summed E-state index contributed by atoms with van der Waals surface area (Å²) in [5.41, 5.74) is 0.821. The zero-order valence-electron chi connectivity index (χ0n) is 9.57. The van der Waals surface area contributed by atoms with Crippen LogP contribution in [0, 0.1) is 0 Å². The summed E-state index contributed by atoms with van der Waals surface area (Å²) >= 11 is 3.37. The molecule has 0 fully saturated rings. The number of hydrogen-bond donors (Lipinski definition) is 1. The molecule has 0 saturated heterocycles. The Hall–Kier alpha value is -0.580. The molecule has 4 heteroatoms. The molecule has 0 saturated carbocycles. The molecule has 0 spiro atoms. The average molecular weight is 289 g/mol. The van der Waals surface area contributed by atoms with E-state index >= 15 is 0 Å². The van der Waals surface area contributed by atoms with Crippen LogP contribution >= 0.6 is 15.9 Å². The fourth-order valence-electron chi connectivity index (χ4n) is 1.54. The number of halogens is 1. The third-order valence-corrected chi connectivity index (χ3v) is 2.87. The van der Waals surface area contributed by atoms with Gasteiger partial charge in [0, 0.05) is 23.8 Å². The molecule has 0 heterocycles. The molecule has 0 radical (unpaired) electrons. The Balaban J connectivity index is 2.70. The molecule has 1 aromatic rings. The summed E-state index contributed by atoms with van der Waals surface area (Å²) in [7, 11) is 3.26. The highest BCUT2D eigenvalue weighted by Crippen LogP contribution is 2.30. The van der Waals surface area contributed by atoms with E-state index in [9.17, 15) is 5.11 Å². The summed E-state index contributed by atoms with van der Waals surface area (Å²) in [6.45, 7) is 0.663. The number of benzene rings is 1. The Morgan fingerprint density at radius 3 is 2.75 bits per heavy atom. The summed E-state index contributed by atoms with van der Waals surface area (Å²) < 4.78 is 11.1. The number of hydrogen-bond acceptors (Lipinski definition) is 3. The fourth-order valence-corrected chi connectivity index (χ4v) is 1.88. The topological polar surface area (TPSA) is 38.7 Å². The number of aliphatic hydroxyl groups is 1. The van der Waals surface area contributed by atoms with Crippen molar-refractivity contribution in [1.82, 2.24) is 0 Å². The van der Waals surface area contributed by atoms with Gasteiger partial charge in [-0.25, -0.2) is 0 Å². The van der Waals surface area contributed by atoms with E-state index in [0.29, 0.717) is 18.8 Å². The lowest BCUT2D eigenvalue weighted by Crippen LogP contribution is -2.02. The van der Waals surface area contributed by atoms with Crippen molar-refractivity contribution in [1.29, 1.82) is 0 Å². The highest BCUT2D eigenvalue weighted by molar-refractivity contribution is 9.10. The van der Waals surface area contributed by atoms with Crippen molar-refractivity contribution in [2.45, 2.75) is 18.9 Å². The molecule has 0 aliphatic heterocycles. The van der Waals surface area contributed by atoms with Gasteiger partial charge in [-0.2, -0.15) is 0 Å². The second-order valence-electron chi connectivity index (χ2n) is 3.54. The number of rotatable bonds is 6. The second-order valence-corrected chi connectivity index (χ2v) is 4.45. The minimum atomic E-state index is -0.502. The van der Waals surface area contributed by atoms with Crippen molar-refractivity contribution >= 4 is 15.9 Å². The van der Waals surface area contributed by atoms with Crippen LogP contribution in [-0.2, 0) is 4.74 Å². The molecule has 0 bridgehead atoms. The predicted molar refractivity (Wildman–Crippen MR) is 66.8 cm³/mol. The van der Waals surface area contributed by atoms with Crippen LogP contribution < -0.4 is 4.74 Å². The Morgan fingerprint density at radius 1 is 1.38 bits per heavy atom. The Labute approximate surface area is 105 Å². The maximum atomic E-state index is 10.00. The van der Waals surface area contributed by atoms with Gasteiger partial charge in [-0.3, -0.25) is 0 Å². The Kier molecular flexibility index (Phi) is 5.80. The summed E-state index contributed by atoms with van der Waals surface area (Å²) in [5, 5.41) is 10.00. The van der Waals surface area contributed by atoms with Crippen LogP contribution in [0.25, 0.3) is 0 Å². The van der Waals surface area contributed by atoms with Gasteiger partial charge in [0.25, 0.3) is 0 Å². The molecule has 1 N–H and O–H groups in total. The van der Waals surface area contributed by atoms with Gasteiger partial charge in [-0.1, -0.05) is 22.0 Å². The van der Waals surface area contributed by atoms with Crippen LogP contribution in [0.2, 0.25) is 0 Å². The third-order valence-electron chi connectivity index (χ3n) is 2.38. The predicted octanol–water partition coefficient (Wildman–Crippen LogP) is 2.92. The molecule has 1 rings (SSSR count). The summed E-state index contributed by atoms with van der Waals surface area (Å²) in [5.74, 6) is 0.708. The smallest absolute Gasteiger partial charge is 0.125 e. The molecule has 0 amide bonds. The summed E-state index contributed by atoms with van der Waals surface area (Å²) in [6, 6.07) is 5.63. The molecule has 3 nitrogen and oxygen atoms in total. The van der Waals surface area contributed by atoms with Gasteiger partial charge in [0.2, 0.25) is 0 Å². The minimum Gasteiger partial charge on any atom is -0.496 e. The second kappa shape index (κ2) is 6.89. The third kappa shape index (κ3) is 3.77. The van der Waals surface area contributed by atoms with Crippen LogP contribution in [0.4, 0.5) is 0 Å². The van der Waals surface area contributed by atoms with Crippen LogP contribution in [-0.4, -0.2) is 25.9 Å². The molecule has 16 heavy (non-hydrogen) atoms. The highest BCUT2D eigenvalue weighted by Gasteiger charge is 2.13. The molecule has 0 aromatic heterocycles. The maximum Gasteiger partial charge on any atom is 0.125 e. The first-order chi connectivity index (χ1) is 7.69. The van der Waals surface area contributed by atoms with E-state index in [1.54, 1.807) is 14.2 Å². The molecule has 0 aliphatic carbocycles. The van der Waals surface area contributed by atoms with Crippen molar-refractivity contribution in [3.8, 4) is 5.75 Å². The molecule has 1 unspecified atom stereocenters. The fraction of sp³-hybridized carbons (Fsp3) is 0.500. The van der Waals surface area contributed by atoms with Gasteiger partial charge in [0.1, 0.15) is 5.75 Å². The quantitative estimate of drug-likeness (QED) is 0.818. The number of methoxy groups -OCH3 is 2. The number of aliphatic hydroxyl groups excluding tert-OH is 1. The van der Waals surface area contributed by atoms with E-state index in [1.165, 1.54) is 0 Å². The molecule has 1 aromatic carbocycles. The molecule has 0 aliphatic rings. The molecule has 1 atom stereocenters. The van der Waals surface area contributed by atoms with Crippen molar-refractivity contribution in [3.05, 3.63) is 28.2 Å². The maximum absolute atomic E-state index is 10.00. The van der Waals surface area contributed by atoms with Gasteiger partial charge in [0.15, 0.2) is 0 Å². The van der Waals surface area contributed by atoms with Crippen LogP contribution in [0.3, 0.4) is 0 Å². The van der Waals surface area contributed by atoms with E-state index < -0.39 is 6.10 Å². The van der Waals surface area contributed by atoms with E-state index in [2.05, 4.69) is 15.9 Å². The average Bonchev–Trinajstić information content (AvgIpc) is 2.29. The molecule has 90 valence electrons. The first-order valence-corrected chi connectivity index (χ1v) is 5.98. The zero-order valence-corrected chi connectivity index (χ0v) is 11.2.